The summed E-state index contributed by atoms with van der Waals surface area (Å²) in [5.74, 6) is 0.359. The zero-order valence-electron chi connectivity index (χ0n) is 12.4. The van der Waals surface area contributed by atoms with E-state index in [4.69, 9.17) is 4.74 Å². The molecule has 1 N–H and O–H groups in total. The van der Waals surface area contributed by atoms with Gasteiger partial charge in [-0.2, -0.15) is 0 Å². The standard InChI is InChI=1S/C16H14N4O2S/c1-22-15-6-5-11(9-18-15)19-14(21)8-12-10-23-16(20-12)13-4-2-3-7-17-13/h2-7,9-10H,8H2,1H3,(H,19,21). The van der Waals surface area contributed by atoms with Gasteiger partial charge in [0.05, 0.1) is 36.8 Å². The highest BCUT2D eigenvalue weighted by atomic mass is 32.1. The van der Waals surface area contributed by atoms with Crippen molar-refractivity contribution in [2.75, 3.05) is 12.4 Å². The quantitative estimate of drug-likeness (QED) is 0.780. The van der Waals surface area contributed by atoms with Gasteiger partial charge in [-0.25, -0.2) is 9.97 Å². The van der Waals surface area contributed by atoms with E-state index in [0.717, 1.165) is 16.4 Å². The van der Waals surface area contributed by atoms with Crippen LogP contribution in [0.2, 0.25) is 0 Å². The molecular formula is C16H14N4O2S. The van der Waals surface area contributed by atoms with Crippen molar-refractivity contribution >= 4 is 22.9 Å². The first-order chi connectivity index (χ1) is 11.2. The minimum atomic E-state index is -0.144. The summed E-state index contributed by atoms with van der Waals surface area (Å²) in [5.41, 5.74) is 2.15. The summed E-state index contributed by atoms with van der Waals surface area (Å²) in [6.45, 7) is 0. The van der Waals surface area contributed by atoms with Gasteiger partial charge < -0.3 is 10.1 Å². The summed E-state index contributed by atoms with van der Waals surface area (Å²) < 4.78 is 4.98. The fourth-order valence-electron chi connectivity index (χ4n) is 1.94. The molecule has 0 saturated heterocycles. The number of methoxy groups -OCH3 is 1. The molecule has 3 aromatic heterocycles. The number of ether oxygens (including phenoxy) is 1. The number of carbonyl (C=O) groups is 1. The molecule has 0 saturated carbocycles. The monoisotopic (exact) mass is 326 g/mol. The Morgan fingerprint density at radius 1 is 1.26 bits per heavy atom. The van der Waals surface area contributed by atoms with Crippen LogP contribution in [-0.2, 0) is 11.2 Å². The lowest BCUT2D eigenvalue weighted by Gasteiger charge is -2.04. The van der Waals surface area contributed by atoms with Crippen LogP contribution in [0.15, 0.2) is 48.1 Å². The number of carbonyl (C=O) groups excluding carboxylic acids is 1. The highest BCUT2D eigenvalue weighted by Gasteiger charge is 2.10. The van der Waals surface area contributed by atoms with Crippen LogP contribution < -0.4 is 10.1 Å². The van der Waals surface area contributed by atoms with E-state index in [9.17, 15) is 4.79 Å². The molecule has 0 bridgehead atoms. The highest BCUT2D eigenvalue weighted by Crippen LogP contribution is 2.21. The molecule has 3 aromatic rings. The van der Waals surface area contributed by atoms with E-state index in [2.05, 4.69) is 20.3 Å². The van der Waals surface area contributed by atoms with E-state index < -0.39 is 0 Å². The van der Waals surface area contributed by atoms with Gasteiger partial charge in [-0.05, 0) is 18.2 Å². The Labute approximate surface area is 137 Å². The lowest BCUT2D eigenvalue weighted by molar-refractivity contribution is -0.115. The van der Waals surface area contributed by atoms with Crippen molar-refractivity contribution in [3.05, 3.63) is 53.8 Å². The Bertz CT molecular complexity index is 787. The van der Waals surface area contributed by atoms with Gasteiger partial charge in [-0.15, -0.1) is 11.3 Å². The number of anilines is 1. The lowest BCUT2D eigenvalue weighted by atomic mass is 10.3. The number of nitrogens with zero attached hydrogens (tertiary/aromatic N) is 3. The molecule has 23 heavy (non-hydrogen) atoms. The topological polar surface area (TPSA) is 77.0 Å². The summed E-state index contributed by atoms with van der Waals surface area (Å²) in [5, 5.41) is 5.46. The van der Waals surface area contributed by atoms with Crippen molar-refractivity contribution in [1.82, 2.24) is 15.0 Å². The van der Waals surface area contributed by atoms with Gasteiger partial charge in [0, 0.05) is 17.6 Å². The predicted octanol–water partition coefficient (Wildman–Crippen LogP) is 2.79. The summed E-state index contributed by atoms with van der Waals surface area (Å²) in [7, 11) is 1.54. The molecule has 0 aliphatic rings. The zero-order chi connectivity index (χ0) is 16.1. The number of aromatic nitrogens is 3. The van der Waals surface area contributed by atoms with Crippen LogP contribution in [0, 0.1) is 0 Å². The molecule has 0 atom stereocenters. The van der Waals surface area contributed by atoms with Crippen molar-refractivity contribution in [3.8, 4) is 16.6 Å². The van der Waals surface area contributed by atoms with Gasteiger partial charge in [0.25, 0.3) is 0 Å². The van der Waals surface area contributed by atoms with Crippen LogP contribution >= 0.6 is 11.3 Å². The largest absolute Gasteiger partial charge is 0.481 e. The SMILES string of the molecule is COc1ccc(NC(=O)Cc2csc(-c3ccccn3)n2)cn1. The fourth-order valence-corrected chi connectivity index (χ4v) is 2.73. The van der Waals surface area contributed by atoms with E-state index >= 15 is 0 Å². The van der Waals surface area contributed by atoms with Crippen LogP contribution in [0.5, 0.6) is 5.88 Å². The van der Waals surface area contributed by atoms with E-state index in [1.165, 1.54) is 11.3 Å². The van der Waals surface area contributed by atoms with Gasteiger partial charge in [-0.1, -0.05) is 6.07 Å². The molecule has 0 aliphatic carbocycles. The molecule has 0 aliphatic heterocycles. The Morgan fingerprint density at radius 2 is 2.17 bits per heavy atom. The molecule has 0 aromatic carbocycles. The fraction of sp³-hybridized carbons (Fsp3) is 0.125. The van der Waals surface area contributed by atoms with Crippen molar-refractivity contribution < 1.29 is 9.53 Å². The zero-order valence-corrected chi connectivity index (χ0v) is 13.2. The number of nitrogens with one attached hydrogen (secondary N) is 1. The molecular weight excluding hydrogens is 312 g/mol. The van der Waals surface area contributed by atoms with Gasteiger partial charge >= 0.3 is 0 Å². The lowest BCUT2D eigenvalue weighted by Crippen LogP contribution is -2.14. The number of thiazole rings is 1. The maximum atomic E-state index is 12.1. The van der Waals surface area contributed by atoms with Gasteiger partial charge in [0.1, 0.15) is 5.01 Å². The number of hydrogen-bond donors (Lipinski definition) is 1. The second-order valence-electron chi connectivity index (χ2n) is 4.67. The summed E-state index contributed by atoms with van der Waals surface area (Å²) in [6, 6.07) is 9.09. The summed E-state index contributed by atoms with van der Waals surface area (Å²) in [4.78, 5) is 24.8. The smallest absolute Gasteiger partial charge is 0.230 e. The van der Waals surface area contributed by atoms with Crippen molar-refractivity contribution in [2.24, 2.45) is 0 Å². The second-order valence-corrected chi connectivity index (χ2v) is 5.53. The first-order valence-electron chi connectivity index (χ1n) is 6.90. The van der Waals surface area contributed by atoms with Crippen LogP contribution in [0.1, 0.15) is 5.69 Å². The third-order valence-electron chi connectivity index (χ3n) is 3.01. The number of rotatable bonds is 5. The van der Waals surface area contributed by atoms with E-state index in [1.807, 2.05) is 23.6 Å². The molecule has 1 amide bonds. The van der Waals surface area contributed by atoms with Crippen LogP contribution in [0.25, 0.3) is 10.7 Å². The van der Waals surface area contributed by atoms with E-state index in [-0.39, 0.29) is 12.3 Å². The Kier molecular flexibility index (Phi) is 4.58. The number of amides is 1. The Balaban J connectivity index is 1.63. The summed E-state index contributed by atoms with van der Waals surface area (Å²) in [6.07, 6.45) is 3.48. The molecule has 6 nitrogen and oxygen atoms in total. The van der Waals surface area contributed by atoms with Gasteiger partial charge in [-0.3, -0.25) is 9.78 Å². The van der Waals surface area contributed by atoms with Crippen molar-refractivity contribution in [1.29, 1.82) is 0 Å². The maximum absolute atomic E-state index is 12.1. The molecule has 116 valence electrons. The average Bonchev–Trinajstić information content (AvgIpc) is 3.04. The first-order valence-corrected chi connectivity index (χ1v) is 7.78. The van der Waals surface area contributed by atoms with Crippen LogP contribution in [0.4, 0.5) is 5.69 Å². The minimum Gasteiger partial charge on any atom is -0.481 e. The average molecular weight is 326 g/mol. The second kappa shape index (κ2) is 6.97. The molecule has 0 unspecified atom stereocenters. The minimum absolute atomic E-state index is 0.144. The van der Waals surface area contributed by atoms with Gasteiger partial charge in [0.2, 0.25) is 11.8 Å². The van der Waals surface area contributed by atoms with Gasteiger partial charge in [0.15, 0.2) is 0 Å². The maximum Gasteiger partial charge on any atom is 0.230 e. The molecule has 3 rings (SSSR count). The van der Waals surface area contributed by atoms with E-state index in [0.29, 0.717) is 11.6 Å². The predicted molar refractivity (Wildman–Crippen MR) is 88.5 cm³/mol. The number of pyridine rings is 2. The summed E-state index contributed by atoms with van der Waals surface area (Å²) >= 11 is 1.47. The normalized spacial score (nSPS) is 10.3. The number of hydrogen-bond acceptors (Lipinski definition) is 6. The molecule has 3 heterocycles. The molecule has 7 heteroatoms. The third kappa shape index (κ3) is 3.89. The Morgan fingerprint density at radius 3 is 2.87 bits per heavy atom. The molecule has 0 radical (unpaired) electrons. The molecule has 0 spiro atoms. The van der Waals surface area contributed by atoms with E-state index in [1.54, 1.807) is 31.6 Å². The highest BCUT2D eigenvalue weighted by molar-refractivity contribution is 7.13. The van der Waals surface area contributed by atoms with Crippen molar-refractivity contribution in [3.63, 3.8) is 0 Å². The van der Waals surface area contributed by atoms with Crippen molar-refractivity contribution in [2.45, 2.75) is 6.42 Å². The third-order valence-corrected chi connectivity index (χ3v) is 3.92. The van der Waals surface area contributed by atoms with Crippen LogP contribution in [-0.4, -0.2) is 28.0 Å². The first kappa shape index (κ1) is 15.1. The molecule has 0 fully saturated rings. The Hall–Kier alpha value is -2.80. The van der Waals surface area contributed by atoms with Crippen LogP contribution in [0.3, 0.4) is 0 Å².